The van der Waals surface area contributed by atoms with Gasteiger partial charge in [-0.1, -0.05) is 29.8 Å². The van der Waals surface area contributed by atoms with Crippen LogP contribution in [0.15, 0.2) is 53.5 Å². The molecule has 0 fully saturated rings. The van der Waals surface area contributed by atoms with Gasteiger partial charge in [0.25, 0.3) is 5.91 Å². The Bertz CT molecular complexity index is 1190. The van der Waals surface area contributed by atoms with E-state index in [-0.39, 0.29) is 5.91 Å². The number of carbonyl (C=O) groups is 2. The van der Waals surface area contributed by atoms with E-state index in [2.05, 4.69) is 51.8 Å². The zero-order valence-corrected chi connectivity index (χ0v) is 19.7. The van der Waals surface area contributed by atoms with Crippen molar-refractivity contribution in [3.05, 3.63) is 70.4 Å². The highest BCUT2D eigenvalue weighted by Gasteiger charge is 2.20. The molecule has 3 aromatic rings. The molecule has 8 nitrogen and oxygen atoms in total. The predicted molar refractivity (Wildman–Crippen MR) is 132 cm³/mol. The number of aryl methyl sites for hydroxylation is 1. The summed E-state index contributed by atoms with van der Waals surface area (Å²) in [5.74, 6) is 0.356. The molecule has 34 heavy (non-hydrogen) atoms. The highest BCUT2D eigenvalue weighted by Crippen LogP contribution is 2.33. The van der Waals surface area contributed by atoms with Crippen molar-refractivity contribution in [3.8, 4) is 5.88 Å². The Kier molecular flexibility index (Phi) is 7.54. The van der Waals surface area contributed by atoms with Crippen molar-refractivity contribution in [3.63, 3.8) is 0 Å². The van der Waals surface area contributed by atoms with Crippen LogP contribution in [0.25, 0.3) is 5.57 Å². The summed E-state index contributed by atoms with van der Waals surface area (Å²) < 4.78 is 5.66. The molecule has 0 saturated carbocycles. The van der Waals surface area contributed by atoms with Gasteiger partial charge in [-0.2, -0.15) is 0 Å². The average Bonchev–Trinajstić information content (AvgIpc) is 3.27. The largest absolute Gasteiger partial charge is 0.477 e. The zero-order chi connectivity index (χ0) is 23.9. The number of anilines is 2. The van der Waals surface area contributed by atoms with Gasteiger partial charge in [0.1, 0.15) is 0 Å². The van der Waals surface area contributed by atoms with Crippen molar-refractivity contribution < 1.29 is 19.4 Å². The Hall–Kier alpha value is -3.72. The van der Waals surface area contributed by atoms with Gasteiger partial charge in [-0.15, -0.1) is 11.3 Å². The van der Waals surface area contributed by atoms with Crippen LogP contribution in [-0.4, -0.2) is 33.7 Å². The van der Waals surface area contributed by atoms with E-state index in [1.807, 2.05) is 0 Å². The lowest BCUT2D eigenvalue weighted by Crippen LogP contribution is -2.18. The third-order valence-electron chi connectivity index (χ3n) is 5.51. The van der Waals surface area contributed by atoms with Gasteiger partial charge < -0.3 is 15.2 Å². The van der Waals surface area contributed by atoms with E-state index in [4.69, 9.17) is 9.84 Å². The normalized spacial score (nSPS) is 13.4. The summed E-state index contributed by atoms with van der Waals surface area (Å²) in [6.45, 7) is 2.41. The number of hydrogen-bond donors (Lipinski definition) is 3. The van der Waals surface area contributed by atoms with Crippen LogP contribution in [0.1, 0.15) is 42.5 Å². The Balaban J connectivity index is 1.33. The maximum atomic E-state index is 13.0. The van der Waals surface area contributed by atoms with Crippen molar-refractivity contribution >= 4 is 39.7 Å². The smallest absolute Gasteiger partial charge is 0.410 e. The minimum absolute atomic E-state index is 0.0833. The monoisotopic (exact) mass is 478 g/mol. The molecule has 0 saturated heterocycles. The van der Waals surface area contributed by atoms with Crippen LogP contribution in [-0.2, 0) is 11.2 Å². The van der Waals surface area contributed by atoms with Gasteiger partial charge >= 0.3 is 6.09 Å². The van der Waals surface area contributed by atoms with Crippen molar-refractivity contribution in [1.82, 2.24) is 9.97 Å². The molecule has 0 bridgehead atoms. The lowest BCUT2D eigenvalue weighted by atomic mass is 9.86. The Labute approximate surface area is 201 Å². The van der Waals surface area contributed by atoms with Gasteiger partial charge in [0, 0.05) is 23.4 Å². The summed E-state index contributed by atoms with van der Waals surface area (Å²) in [7, 11) is 0. The molecule has 3 N–H and O–H groups in total. The molecule has 0 spiro atoms. The highest BCUT2D eigenvalue weighted by atomic mass is 32.1. The number of allylic oxidation sites excluding steroid dienone is 1. The molecule has 1 aliphatic carbocycles. The van der Waals surface area contributed by atoms with Crippen LogP contribution in [0.4, 0.5) is 15.6 Å². The van der Waals surface area contributed by atoms with Crippen LogP contribution in [0.5, 0.6) is 5.88 Å². The van der Waals surface area contributed by atoms with E-state index in [1.54, 1.807) is 23.7 Å². The van der Waals surface area contributed by atoms with E-state index in [0.29, 0.717) is 29.7 Å². The maximum absolute atomic E-state index is 13.0. The molecule has 0 radical (unpaired) electrons. The molecular weight excluding hydrogens is 452 g/mol. The Morgan fingerprint density at radius 1 is 1.09 bits per heavy atom. The zero-order valence-electron chi connectivity index (χ0n) is 18.8. The minimum Gasteiger partial charge on any atom is -0.477 e. The van der Waals surface area contributed by atoms with Crippen LogP contribution >= 0.6 is 11.3 Å². The second-order valence-corrected chi connectivity index (χ2v) is 8.90. The summed E-state index contributed by atoms with van der Waals surface area (Å²) in [6.07, 6.45) is 4.74. The molecule has 9 heteroatoms. The van der Waals surface area contributed by atoms with E-state index in [0.717, 1.165) is 48.1 Å². The number of benzene rings is 1. The van der Waals surface area contributed by atoms with Crippen molar-refractivity contribution in [2.24, 2.45) is 0 Å². The van der Waals surface area contributed by atoms with Crippen molar-refractivity contribution in [1.29, 1.82) is 0 Å². The lowest BCUT2D eigenvalue weighted by Gasteiger charge is -2.20. The number of rotatable bonds is 8. The summed E-state index contributed by atoms with van der Waals surface area (Å²) in [5.41, 5.74) is 5.63. The Morgan fingerprint density at radius 3 is 2.62 bits per heavy atom. The molecule has 0 atom stereocenters. The fourth-order valence-corrected chi connectivity index (χ4v) is 4.54. The number of nitrogens with one attached hydrogen (secondary N) is 2. The van der Waals surface area contributed by atoms with Crippen LogP contribution in [0.2, 0.25) is 0 Å². The summed E-state index contributed by atoms with van der Waals surface area (Å²) in [4.78, 5) is 32.1. The number of nitrogens with zero attached hydrogens (tertiary/aromatic N) is 2. The third kappa shape index (κ3) is 6.20. The van der Waals surface area contributed by atoms with Gasteiger partial charge in [0.05, 0.1) is 24.2 Å². The quantitative estimate of drug-likeness (QED) is 0.393. The van der Waals surface area contributed by atoms with Gasteiger partial charge in [0.15, 0.2) is 5.13 Å². The highest BCUT2D eigenvalue weighted by molar-refractivity contribution is 7.13. The summed E-state index contributed by atoms with van der Waals surface area (Å²) in [5, 5.41) is 16.0. The molecule has 176 valence electrons. The molecule has 0 aliphatic heterocycles. The van der Waals surface area contributed by atoms with Gasteiger partial charge in [-0.05, 0) is 49.8 Å². The van der Waals surface area contributed by atoms with Crippen LogP contribution in [0, 0.1) is 6.92 Å². The molecule has 0 unspecified atom stereocenters. The van der Waals surface area contributed by atoms with E-state index in [9.17, 15) is 9.59 Å². The predicted octanol–water partition coefficient (Wildman–Crippen LogP) is 5.52. The van der Waals surface area contributed by atoms with Crippen molar-refractivity contribution in [2.75, 3.05) is 17.2 Å². The van der Waals surface area contributed by atoms with Crippen LogP contribution in [0.3, 0.4) is 0 Å². The third-order valence-corrected chi connectivity index (χ3v) is 6.32. The lowest BCUT2D eigenvalue weighted by molar-refractivity contribution is -0.113. The molecular formula is C25H26N4O4S. The number of thiazole rings is 1. The number of pyridine rings is 1. The molecule has 2 amide bonds. The molecule has 2 heterocycles. The van der Waals surface area contributed by atoms with Gasteiger partial charge in [0.2, 0.25) is 5.88 Å². The second-order valence-electron chi connectivity index (χ2n) is 8.04. The van der Waals surface area contributed by atoms with E-state index < -0.39 is 6.09 Å². The second kappa shape index (κ2) is 10.9. The fraction of sp³-hybridized carbons (Fsp3) is 0.280. The first-order valence-electron chi connectivity index (χ1n) is 11.1. The standard InChI is InChI=1S/C25H26N4O4S/c1-16-6-8-17(9-7-16)20-4-2-3-5-21(20)23(30)27-18-10-11-22(26-14-18)33-13-12-19-15-34-24(28-19)29-25(31)32/h6-11,14-15H,2-5,12-13H2,1H3,(H,27,30)(H,28,29)(H,31,32). The molecule has 1 aliphatic rings. The van der Waals surface area contributed by atoms with Gasteiger partial charge in [-0.3, -0.25) is 10.1 Å². The number of amides is 2. The molecule has 1 aromatic carbocycles. The Morgan fingerprint density at radius 2 is 1.88 bits per heavy atom. The first-order chi connectivity index (χ1) is 16.5. The van der Waals surface area contributed by atoms with E-state index >= 15 is 0 Å². The topological polar surface area (TPSA) is 113 Å². The molecule has 4 rings (SSSR count). The van der Waals surface area contributed by atoms with Gasteiger partial charge in [-0.25, -0.2) is 14.8 Å². The number of carbonyl (C=O) groups excluding carboxylic acids is 1. The van der Waals surface area contributed by atoms with E-state index in [1.165, 1.54) is 16.9 Å². The fourth-order valence-electron chi connectivity index (χ4n) is 3.81. The SMILES string of the molecule is Cc1ccc(C2=C(C(=O)Nc3ccc(OCCc4csc(NC(=O)O)n4)nc3)CCCC2)cc1. The summed E-state index contributed by atoms with van der Waals surface area (Å²) in [6, 6.07) is 11.8. The first-order valence-corrected chi connectivity index (χ1v) is 12.0. The number of carboxylic acid groups (broad SMARTS) is 1. The maximum Gasteiger partial charge on any atom is 0.410 e. The van der Waals surface area contributed by atoms with Crippen molar-refractivity contribution in [2.45, 2.75) is 39.0 Å². The minimum atomic E-state index is -1.14. The summed E-state index contributed by atoms with van der Waals surface area (Å²) >= 11 is 1.22. The molecule has 2 aromatic heterocycles. The number of ether oxygens (including phenoxy) is 1. The number of aromatic nitrogens is 2. The van der Waals surface area contributed by atoms with Crippen LogP contribution < -0.4 is 15.4 Å². The average molecular weight is 479 g/mol. The number of hydrogen-bond acceptors (Lipinski definition) is 6. The first kappa shape index (κ1) is 23.4.